The molecule has 4 aromatic rings. The van der Waals surface area contributed by atoms with Gasteiger partial charge in [0.25, 0.3) is 0 Å². The smallest absolute Gasteiger partial charge is 0.180 e. The van der Waals surface area contributed by atoms with Gasteiger partial charge in [0.05, 0.1) is 11.0 Å². The van der Waals surface area contributed by atoms with Crippen LogP contribution in [-0.4, -0.2) is 9.97 Å². The Labute approximate surface area is 167 Å². The molecule has 0 aliphatic rings. The van der Waals surface area contributed by atoms with Gasteiger partial charge in [0.2, 0.25) is 0 Å². The molecule has 0 aliphatic heterocycles. The number of nitrogens with one attached hydrogen (secondary N) is 2. The third kappa shape index (κ3) is 4.32. The van der Waals surface area contributed by atoms with Crippen molar-refractivity contribution in [3.8, 4) is 0 Å². The number of nitrogens with zero attached hydrogens (tertiary/aromatic N) is 2. The van der Waals surface area contributed by atoms with E-state index in [1.807, 2.05) is 48.5 Å². The van der Waals surface area contributed by atoms with Crippen molar-refractivity contribution in [2.24, 2.45) is 0 Å². The van der Waals surface area contributed by atoms with Crippen molar-refractivity contribution in [2.45, 2.75) is 11.8 Å². The summed E-state index contributed by atoms with van der Waals surface area (Å²) in [6.45, 7) is 2.07. The third-order valence-electron chi connectivity index (χ3n) is 3.94. The summed E-state index contributed by atoms with van der Waals surface area (Å²) < 4.78 is 3.32. The normalized spacial score (nSPS) is 10.7. The molecule has 27 heavy (non-hydrogen) atoms. The molecule has 0 fully saturated rings. The first kappa shape index (κ1) is 17.6. The summed E-state index contributed by atoms with van der Waals surface area (Å²) in [5.74, 6) is 1.31. The predicted molar refractivity (Wildman–Crippen MR) is 115 cm³/mol. The molecular formula is C21H17ClN4S. The molecule has 1 heterocycles. The van der Waals surface area contributed by atoms with E-state index >= 15 is 0 Å². The summed E-state index contributed by atoms with van der Waals surface area (Å²) >= 11 is 7.60. The highest BCUT2D eigenvalue weighted by Crippen LogP contribution is 2.29. The fourth-order valence-corrected chi connectivity index (χ4v) is 3.39. The van der Waals surface area contributed by atoms with E-state index in [-0.39, 0.29) is 0 Å². The quantitative estimate of drug-likeness (QED) is 0.382. The molecule has 4 nitrogen and oxygen atoms in total. The number of hydrogen-bond acceptors (Lipinski definition) is 5. The van der Waals surface area contributed by atoms with Crippen molar-refractivity contribution in [3.05, 3.63) is 83.4 Å². The standard InChI is InChI=1S/C21H17ClN4S/c1-14-9-11-17(12-10-14)27-26-21-20(23-16-6-4-5-15(22)13-16)24-18-7-2-3-8-19(18)25-21/h2-13H,1H3,(H,23,24)(H,25,26). The Morgan fingerprint density at radius 2 is 1.52 bits per heavy atom. The summed E-state index contributed by atoms with van der Waals surface area (Å²) in [5, 5.41) is 3.98. The lowest BCUT2D eigenvalue weighted by Crippen LogP contribution is -2.02. The van der Waals surface area contributed by atoms with Gasteiger partial charge in [-0.1, -0.05) is 47.5 Å². The molecular weight excluding hydrogens is 376 g/mol. The van der Waals surface area contributed by atoms with Gasteiger partial charge in [-0.25, -0.2) is 9.97 Å². The van der Waals surface area contributed by atoms with E-state index in [2.05, 4.69) is 41.2 Å². The second-order valence-corrected chi connectivity index (χ2v) is 7.38. The number of anilines is 3. The lowest BCUT2D eigenvalue weighted by atomic mass is 10.2. The molecule has 1 aromatic heterocycles. The molecule has 2 N–H and O–H groups in total. The van der Waals surface area contributed by atoms with Gasteiger partial charge in [-0.15, -0.1) is 0 Å². The molecule has 0 bridgehead atoms. The predicted octanol–water partition coefficient (Wildman–Crippen LogP) is 6.45. The molecule has 0 aliphatic carbocycles. The molecule has 0 atom stereocenters. The fourth-order valence-electron chi connectivity index (χ4n) is 2.57. The number of hydrogen-bond donors (Lipinski definition) is 2. The maximum Gasteiger partial charge on any atom is 0.180 e. The number of aromatic nitrogens is 2. The first-order chi connectivity index (χ1) is 13.2. The topological polar surface area (TPSA) is 49.8 Å². The number of fused-ring (bicyclic) bond motifs is 1. The molecule has 0 saturated heterocycles. The van der Waals surface area contributed by atoms with Crippen LogP contribution in [0.4, 0.5) is 17.3 Å². The van der Waals surface area contributed by atoms with Gasteiger partial charge in [-0.05, 0) is 61.3 Å². The minimum atomic E-state index is 0.649. The van der Waals surface area contributed by atoms with E-state index in [4.69, 9.17) is 21.6 Å². The van der Waals surface area contributed by atoms with Crippen LogP contribution in [-0.2, 0) is 0 Å². The zero-order valence-corrected chi connectivity index (χ0v) is 16.2. The summed E-state index contributed by atoms with van der Waals surface area (Å²) in [7, 11) is 0. The van der Waals surface area contributed by atoms with Crippen molar-refractivity contribution < 1.29 is 0 Å². The van der Waals surface area contributed by atoms with E-state index in [1.54, 1.807) is 0 Å². The lowest BCUT2D eigenvalue weighted by molar-refractivity contribution is 1.28. The maximum atomic E-state index is 6.10. The van der Waals surface area contributed by atoms with E-state index < -0.39 is 0 Å². The molecule has 134 valence electrons. The van der Waals surface area contributed by atoms with Crippen LogP contribution in [0.5, 0.6) is 0 Å². The van der Waals surface area contributed by atoms with Crippen molar-refractivity contribution in [3.63, 3.8) is 0 Å². The Balaban J connectivity index is 1.67. The summed E-state index contributed by atoms with van der Waals surface area (Å²) in [5.41, 5.74) is 3.75. The number of para-hydroxylation sites is 2. The van der Waals surface area contributed by atoms with Gasteiger partial charge < -0.3 is 10.0 Å². The first-order valence-electron chi connectivity index (χ1n) is 8.46. The minimum Gasteiger partial charge on any atom is -0.337 e. The van der Waals surface area contributed by atoms with Gasteiger partial charge >= 0.3 is 0 Å². The lowest BCUT2D eigenvalue weighted by Gasteiger charge is -2.13. The molecule has 0 radical (unpaired) electrons. The average Bonchev–Trinajstić information content (AvgIpc) is 2.67. The molecule has 0 saturated carbocycles. The number of benzene rings is 3. The molecule has 0 unspecified atom stereocenters. The van der Waals surface area contributed by atoms with E-state index in [0.717, 1.165) is 21.6 Å². The Morgan fingerprint density at radius 3 is 2.22 bits per heavy atom. The maximum absolute atomic E-state index is 6.10. The van der Waals surface area contributed by atoms with Gasteiger partial charge in [-0.2, -0.15) is 0 Å². The van der Waals surface area contributed by atoms with Crippen LogP contribution in [0.25, 0.3) is 11.0 Å². The van der Waals surface area contributed by atoms with Crippen molar-refractivity contribution >= 4 is 51.9 Å². The van der Waals surface area contributed by atoms with Gasteiger partial charge in [0.15, 0.2) is 11.6 Å². The van der Waals surface area contributed by atoms with E-state index in [1.165, 1.54) is 17.5 Å². The number of rotatable bonds is 5. The van der Waals surface area contributed by atoms with Crippen molar-refractivity contribution in [2.75, 3.05) is 10.0 Å². The molecule has 4 rings (SSSR count). The molecule has 6 heteroatoms. The minimum absolute atomic E-state index is 0.649. The van der Waals surface area contributed by atoms with Gasteiger partial charge in [0, 0.05) is 15.6 Å². The first-order valence-corrected chi connectivity index (χ1v) is 9.66. The van der Waals surface area contributed by atoms with E-state index in [0.29, 0.717) is 16.7 Å². The van der Waals surface area contributed by atoms with Crippen molar-refractivity contribution in [1.82, 2.24) is 9.97 Å². The monoisotopic (exact) mass is 392 g/mol. The van der Waals surface area contributed by atoms with Crippen LogP contribution in [0.15, 0.2) is 77.7 Å². The third-order valence-corrected chi connectivity index (χ3v) is 4.98. The molecule has 3 aromatic carbocycles. The van der Waals surface area contributed by atoms with Gasteiger partial charge in [0.1, 0.15) is 0 Å². The Hall–Kier alpha value is -2.76. The van der Waals surface area contributed by atoms with Crippen LogP contribution in [0.3, 0.4) is 0 Å². The van der Waals surface area contributed by atoms with Crippen LogP contribution in [0.1, 0.15) is 5.56 Å². The molecule has 0 amide bonds. The highest BCUT2D eigenvalue weighted by atomic mass is 35.5. The highest BCUT2D eigenvalue weighted by Gasteiger charge is 2.10. The SMILES string of the molecule is Cc1ccc(SNc2nc3ccccc3nc2Nc2cccc(Cl)c2)cc1. The Kier molecular flexibility index (Phi) is 5.14. The van der Waals surface area contributed by atoms with Crippen LogP contribution < -0.4 is 10.0 Å². The second-order valence-electron chi connectivity index (χ2n) is 6.06. The second kappa shape index (κ2) is 7.86. The molecule has 0 spiro atoms. The summed E-state index contributed by atoms with van der Waals surface area (Å²) in [6.07, 6.45) is 0. The number of aryl methyl sites for hydroxylation is 1. The zero-order valence-electron chi connectivity index (χ0n) is 14.6. The van der Waals surface area contributed by atoms with Crippen LogP contribution >= 0.6 is 23.5 Å². The summed E-state index contributed by atoms with van der Waals surface area (Å²) in [4.78, 5) is 10.6. The van der Waals surface area contributed by atoms with E-state index in [9.17, 15) is 0 Å². The highest BCUT2D eigenvalue weighted by molar-refractivity contribution is 8.00. The average molecular weight is 393 g/mol. The number of halogens is 1. The van der Waals surface area contributed by atoms with Crippen molar-refractivity contribution in [1.29, 1.82) is 0 Å². The largest absolute Gasteiger partial charge is 0.337 e. The summed E-state index contributed by atoms with van der Waals surface area (Å²) in [6, 6.07) is 23.7. The Morgan fingerprint density at radius 1 is 0.815 bits per heavy atom. The van der Waals surface area contributed by atoms with Gasteiger partial charge in [-0.3, -0.25) is 0 Å². The van der Waals surface area contributed by atoms with Crippen LogP contribution in [0.2, 0.25) is 5.02 Å². The van der Waals surface area contributed by atoms with Crippen LogP contribution in [0, 0.1) is 6.92 Å². The zero-order chi connectivity index (χ0) is 18.6. The Bertz CT molecular complexity index is 1080. The fraction of sp³-hybridized carbons (Fsp3) is 0.0476.